The molecule has 0 bridgehead atoms. The maximum atomic E-state index is 12.4. The number of carbonyl (C=O) groups is 1. The van der Waals surface area contributed by atoms with E-state index in [4.69, 9.17) is 22.1 Å². The van der Waals surface area contributed by atoms with E-state index in [1.54, 1.807) is 7.11 Å². The molecular formula is C12H14ClN3O2S. The summed E-state index contributed by atoms with van der Waals surface area (Å²) in [6.07, 6.45) is 1.45. The molecule has 102 valence electrons. The number of ketones is 1. The Labute approximate surface area is 119 Å². The molecule has 0 radical (unpaired) electrons. The summed E-state index contributed by atoms with van der Waals surface area (Å²) in [6, 6.07) is 2.98. The molecule has 0 aliphatic carbocycles. The van der Waals surface area contributed by atoms with E-state index >= 15 is 0 Å². The van der Waals surface area contributed by atoms with Gasteiger partial charge in [0.05, 0.1) is 24.4 Å². The summed E-state index contributed by atoms with van der Waals surface area (Å²) in [5.41, 5.74) is 6.30. The summed E-state index contributed by atoms with van der Waals surface area (Å²) < 4.78 is 6.51. The molecule has 2 aromatic rings. The highest BCUT2D eigenvalue weighted by Crippen LogP contribution is 2.24. The minimum atomic E-state index is -0.713. The van der Waals surface area contributed by atoms with Gasteiger partial charge in [0.2, 0.25) is 5.78 Å². The van der Waals surface area contributed by atoms with E-state index < -0.39 is 6.04 Å². The first-order valence-corrected chi connectivity index (χ1v) is 6.94. The number of carbonyl (C=O) groups excluding carboxylic acids is 1. The van der Waals surface area contributed by atoms with Crippen LogP contribution in [0.3, 0.4) is 0 Å². The zero-order chi connectivity index (χ0) is 13.8. The number of methoxy groups -OCH3 is 1. The molecule has 0 fully saturated rings. The van der Waals surface area contributed by atoms with Crippen molar-refractivity contribution in [1.82, 2.24) is 9.78 Å². The molecule has 0 amide bonds. The molecule has 19 heavy (non-hydrogen) atoms. The van der Waals surface area contributed by atoms with Crippen LogP contribution < -0.4 is 5.73 Å². The topological polar surface area (TPSA) is 70.1 Å². The van der Waals surface area contributed by atoms with Crippen LogP contribution in [0, 0.1) is 0 Å². The smallest absolute Gasteiger partial charge is 0.204 e. The van der Waals surface area contributed by atoms with Crippen molar-refractivity contribution < 1.29 is 9.53 Å². The van der Waals surface area contributed by atoms with Crippen molar-refractivity contribution in [3.63, 3.8) is 0 Å². The summed E-state index contributed by atoms with van der Waals surface area (Å²) in [5, 5.41) is 6.26. The average Bonchev–Trinajstić information content (AvgIpc) is 3.04. The van der Waals surface area contributed by atoms with Crippen molar-refractivity contribution >= 4 is 28.7 Å². The molecule has 5 nitrogen and oxygen atoms in total. The number of halogens is 1. The second-order valence-corrected chi connectivity index (χ2v) is 5.30. The van der Waals surface area contributed by atoms with Crippen molar-refractivity contribution in [3.8, 4) is 0 Å². The van der Waals surface area contributed by atoms with Crippen LogP contribution in [-0.4, -0.2) is 29.3 Å². The molecule has 2 N–H and O–H groups in total. The normalized spacial score (nSPS) is 12.6. The van der Waals surface area contributed by atoms with Gasteiger partial charge in [-0.25, -0.2) is 0 Å². The van der Waals surface area contributed by atoms with E-state index in [0.29, 0.717) is 23.9 Å². The summed E-state index contributed by atoms with van der Waals surface area (Å²) >= 11 is 7.47. The standard InChI is InChI=1S/C12H14ClN3O2S/c1-18-5-4-16-11(8(13)7-15-16)12(17)10(14)9-3-2-6-19-9/h2-3,6-7,10H,4-5,14H2,1H3. The Bertz CT molecular complexity index is 553. The Morgan fingerprint density at radius 3 is 3.11 bits per heavy atom. The number of ether oxygens (including phenoxy) is 1. The van der Waals surface area contributed by atoms with Gasteiger partial charge in [-0.3, -0.25) is 9.48 Å². The minimum absolute atomic E-state index is 0.235. The number of nitrogens with two attached hydrogens (primary N) is 1. The second kappa shape index (κ2) is 6.29. The van der Waals surface area contributed by atoms with Gasteiger partial charge in [-0.15, -0.1) is 11.3 Å². The minimum Gasteiger partial charge on any atom is -0.383 e. The Morgan fingerprint density at radius 1 is 1.68 bits per heavy atom. The van der Waals surface area contributed by atoms with Crippen LogP contribution in [0.15, 0.2) is 23.7 Å². The lowest BCUT2D eigenvalue weighted by Gasteiger charge is -2.11. The number of rotatable bonds is 6. The fourth-order valence-electron chi connectivity index (χ4n) is 1.70. The van der Waals surface area contributed by atoms with Gasteiger partial charge >= 0.3 is 0 Å². The van der Waals surface area contributed by atoms with Crippen LogP contribution in [0.2, 0.25) is 5.02 Å². The molecule has 0 saturated heterocycles. The Kier molecular flexibility index (Phi) is 4.71. The van der Waals surface area contributed by atoms with Crippen molar-refractivity contribution in [2.75, 3.05) is 13.7 Å². The third-order valence-corrected chi connectivity index (χ3v) is 3.90. The van der Waals surface area contributed by atoms with Gasteiger partial charge in [0.1, 0.15) is 11.7 Å². The van der Waals surface area contributed by atoms with Crippen LogP contribution in [0.5, 0.6) is 0 Å². The molecule has 0 aliphatic rings. The van der Waals surface area contributed by atoms with E-state index in [1.807, 2.05) is 17.5 Å². The summed E-state index contributed by atoms with van der Waals surface area (Å²) in [6.45, 7) is 0.911. The van der Waals surface area contributed by atoms with Gasteiger partial charge in [0.25, 0.3) is 0 Å². The van der Waals surface area contributed by atoms with Crippen molar-refractivity contribution in [2.45, 2.75) is 12.6 Å². The number of hydrogen-bond acceptors (Lipinski definition) is 5. The number of hydrogen-bond donors (Lipinski definition) is 1. The molecule has 0 saturated carbocycles. The Hall–Kier alpha value is -1.21. The number of aromatic nitrogens is 2. The monoisotopic (exact) mass is 299 g/mol. The van der Waals surface area contributed by atoms with E-state index in [2.05, 4.69) is 5.10 Å². The molecule has 0 aliphatic heterocycles. The Morgan fingerprint density at radius 2 is 2.47 bits per heavy atom. The SMILES string of the molecule is COCCn1ncc(Cl)c1C(=O)C(N)c1cccs1. The number of nitrogens with zero attached hydrogens (tertiary/aromatic N) is 2. The van der Waals surface area contributed by atoms with E-state index in [0.717, 1.165) is 4.88 Å². The van der Waals surface area contributed by atoms with Crippen molar-refractivity contribution in [1.29, 1.82) is 0 Å². The molecule has 2 rings (SSSR count). The highest BCUT2D eigenvalue weighted by atomic mass is 35.5. The predicted octanol–water partition coefficient (Wildman–Crippen LogP) is 2.13. The summed E-state index contributed by atoms with van der Waals surface area (Å²) in [7, 11) is 1.59. The number of thiophene rings is 1. The van der Waals surface area contributed by atoms with E-state index in [-0.39, 0.29) is 5.78 Å². The van der Waals surface area contributed by atoms with Crippen LogP contribution in [0.25, 0.3) is 0 Å². The quantitative estimate of drug-likeness (QED) is 0.830. The Balaban J connectivity index is 2.25. The van der Waals surface area contributed by atoms with Gasteiger partial charge in [-0.05, 0) is 11.4 Å². The van der Waals surface area contributed by atoms with Crippen molar-refractivity contribution in [2.24, 2.45) is 5.73 Å². The molecule has 1 unspecified atom stereocenters. The van der Waals surface area contributed by atoms with E-state index in [1.165, 1.54) is 22.2 Å². The zero-order valence-electron chi connectivity index (χ0n) is 10.4. The first-order chi connectivity index (χ1) is 9.15. The zero-order valence-corrected chi connectivity index (χ0v) is 11.9. The summed E-state index contributed by atoms with van der Waals surface area (Å²) in [4.78, 5) is 13.2. The fraction of sp³-hybridized carbons (Fsp3) is 0.333. The maximum Gasteiger partial charge on any atom is 0.204 e. The second-order valence-electron chi connectivity index (χ2n) is 3.91. The molecule has 0 spiro atoms. The van der Waals surface area contributed by atoms with Crippen LogP contribution in [-0.2, 0) is 11.3 Å². The van der Waals surface area contributed by atoms with E-state index in [9.17, 15) is 4.79 Å². The lowest BCUT2D eigenvalue weighted by molar-refractivity contribution is 0.0948. The first kappa shape index (κ1) is 14.2. The summed E-state index contributed by atoms with van der Waals surface area (Å²) in [5.74, 6) is -0.235. The van der Waals surface area contributed by atoms with Gasteiger partial charge in [-0.1, -0.05) is 17.7 Å². The number of Topliss-reactive ketones (excluding diaryl/α,β-unsaturated/α-hetero) is 1. The predicted molar refractivity (Wildman–Crippen MR) is 74.7 cm³/mol. The van der Waals surface area contributed by atoms with Crippen molar-refractivity contribution in [3.05, 3.63) is 39.3 Å². The van der Waals surface area contributed by atoms with Gasteiger partial charge in [0, 0.05) is 12.0 Å². The maximum absolute atomic E-state index is 12.4. The van der Waals surface area contributed by atoms with Gasteiger partial charge in [0.15, 0.2) is 0 Å². The highest BCUT2D eigenvalue weighted by molar-refractivity contribution is 7.10. The average molecular weight is 300 g/mol. The van der Waals surface area contributed by atoms with Crippen LogP contribution in [0.4, 0.5) is 0 Å². The van der Waals surface area contributed by atoms with Gasteiger partial charge in [-0.2, -0.15) is 5.10 Å². The van der Waals surface area contributed by atoms with Crippen LogP contribution in [0.1, 0.15) is 21.4 Å². The third-order valence-electron chi connectivity index (χ3n) is 2.67. The molecule has 7 heteroatoms. The lowest BCUT2D eigenvalue weighted by Crippen LogP contribution is -2.24. The molecule has 0 aromatic carbocycles. The van der Waals surface area contributed by atoms with Crippen LogP contribution >= 0.6 is 22.9 Å². The third kappa shape index (κ3) is 3.03. The molecule has 2 aromatic heterocycles. The fourth-order valence-corrected chi connectivity index (χ4v) is 2.66. The largest absolute Gasteiger partial charge is 0.383 e. The lowest BCUT2D eigenvalue weighted by atomic mass is 10.1. The first-order valence-electron chi connectivity index (χ1n) is 5.68. The molecule has 1 atom stereocenters. The molecular weight excluding hydrogens is 286 g/mol. The highest BCUT2D eigenvalue weighted by Gasteiger charge is 2.25. The van der Waals surface area contributed by atoms with Gasteiger partial charge < -0.3 is 10.5 Å². The molecule has 2 heterocycles.